The molecule has 3 heterocycles. The van der Waals surface area contributed by atoms with Crippen LogP contribution in [0.5, 0.6) is 0 Å². The molecule has 21 heavy (non-hydrogen) atoms. The second-order valence-electron chi connectivity index (χ2n) is 5.33. The van der Waals surface area contributed by atoms with E-state index in [1.807, 2.05) is 17.8 Å². The minimum Gasteiger partial charge on any atom is -0.369 e. The Balaban J connectivity index is 1.62. The van der Waals surface area contributed by atoms with Gasteiger partial charge in [-0.25, -0.2) is 9.86 Å². The number of nitrogens with zero attached hydrogens (tertiary/aromatic N) is 4. The molecule has 0 unspecified atom stereocenters. The number of aromatic nitrogens is 3. The number of aryl methyl sites for hydroxylation is 1. The van der Waals surface area contributed by atoms with Crippen molar-refractivity contribution in [2.24, 2.45) is 18.1 Å². The predicted octanol–water partition coefficient (Wildman–Crippen LogP) is -0.412. The van der Waals surface area contributed by atoms with Crippen molar-refractivity contribution in [2.45, 2.75) is 6.42 Å². The summed E-state index contributed by atoms with van der Waals surface area (Å²) >= 11 is 0. The van der Waals surface area contributed by atoms with E-state index in [0.29, 0.717) is 12.5 Å². The van der Waals surface area contributed by atoms with Crippen LogP contribution in [0.3, 0.4) is 0 Å². The van der Waals surface area contributed by atoms with Crippen molar-refractivity contribution in [1.82, 2.24) is 19.5 Å². The lowest BCUT2D eigenvalue weighted by Crippen LogP contribution is -2.48. The molecule has 0 saturated carbocycles. The van der Waals surface area contributed by atoms with Crippen LogP contribution in [0.25, 0.3) is 11.0 Å². The van der Waals surface area contributed by atoms with Gasteiger partial charge >= 0.3 is 0 Å². The molecule has 1 aliphatic rings. The Morgan fingerprint density at radius 2 is 2.24 bits per heavy atom. The number of anilines is 1. The Morgan fingerprint density at radius 3 is 2.95 bits per heavy atom. The van der Waals surface area contributed by atoms with Gasteiger partial charge in [0.1, 0.15) is 11.0 Å². The summed E-state index contributed by atoms with van der Waals surface area (Å²) in [7, 11) is -1.68. The molecule has 0 aliphatic carbocycles. The van der Waals surface area contributed by atoms with Gasteiger partial charge in [0.05, 0.1) is 11.9 Å². The molecule has 0 spiro atoms. The number of nitrogens with two attached hydrogens (primary N) is 1. The second kappa shape index (κ2) is 5.24. The van der Waals surface area contributed by atoms with Crippen LogP contribution in [0.1, 0.15) is 6.42 Å². The number of hydrogen-bond acceptors (Lipinski definition) is 5. The number of hydrogen-bond donors (Lipinski definition) is 2. The van der Waals surface area contributed by atoms with E-state index in [1.54, 1.807) is 12.4 Å². The largest absolute Gasteiger partial charge is 0.369 e. The van der Waals surface area contributed by atoms with Gasteiger partial charge in [-0.15, -0.1) is 0 Å². The van der Waals surface area contributed by atoms with Gasteiger partial charge < -0.3 is 4.90 Å². The molecule has 114 valence electrons. The number of fused-ring (bicyclic) bond motifs is 1. The molecule has 0 bridgehead atoms. The predicted molar refractivity (Wildman–Crippen MR) is 79.9 cm³/mol. The van der Waals surface area contributed by atoms with E-state index < -0.39 is 10.2 Å². The normalized spacial score (nSPS) is 16.4. The average molecular weight is 310 g/mol. The maximum Gasteiger partial charge on any atom is 0.274 e. The Hall–Kier alpha value is -1.71. The monoisotopic (exact) mass is 310 g/mol. The first-order valence-electron chi connectivity index (χ1n) is 6.73. The molecule has 0 radical (unpaired) electrons. The van der Waals surface area contributed by atoms with Crippen LogP contribution in [0.2, 0.25) is 0 Å². The highest BCUT2D eigenvalue weighted by Crippen LogP contribution is 2.31. The van der Waals surface area contributed by atoms with E-state index in [2.05, 4.69) is 19.7 Å². The van der Waals surface area contributed by atoms with Crippen molar-refractivity contribution in [3.8, 4) is 0 Å². The summed E-state index contributed by atoms with van der Waals surface area (Å²) in [4.78, 5) is 6.56. The summed E-state index contributed by atoms with van der Waals surface area (Å²) in [6.07, 6.45) is 4.33. The molecule has 1 aliphatic heterocycles. The Bertz CT molecular complexity index is 750. The van der Waals surface area contributed by atoms with Gasteiger partial charge in [0.15, 0.2) is 0 Å². The van der Waals surface area contributed by atoms with Gasteiger partial charge in [-0.2, -0.15) is 13.5 Å². The van der Waals surface area contributed by atoms with Crippen LogP contribution in [-0.4, -0.2) is 42.8 Å². The first-order chi connectivity index (χ1) is 9.94. The zero-order valence-corrected chi connectivity index (χ0v) is 12.5. The van der Waals surface area contributed by atoms with Gasteiger partial charge in [0.25, 0.3) is 10.2 Å². The highest BCUT2D eigenvalue weighted by atomic mass is 32.2. The highest BCUT2D eigenvalue weighted by Gasteiger charge is 2.28. The van der Waals surface area contributed by atoms with E-state index in [0.717, 1.165) is 36.2 Å². The van der Waals surface area contributed by atoms with E-state index in [9.17, 15) is 8.42 Å². The minimum atomic E-state index is -3.58. The standard InChI is InChI=1S/C12H18N6O2S/c1-17-12-10(6-15-17)14-4-3-11(12)18-7-9(8-18)2-5-16-21(13,19)20/h3-4,6,9,16H,2,5,7-8H2,1H3,(H2,13,19,20). The smallest absolute Gasteiger partial charge is 0.274 e. The third kappa shape index (κ3) is 2.99. The molecule has 9 heteroatoms. The third-order valence-electron chi connectivity index (χ3n) is 3.76. The molecule has 0 aromatic carbocycles. The van der Waals surface area contributed by atoms with Crippen molar-refractivity contribution >= 4 is 26.9 Å². The molecule has 3 rings (SSSR count). The second-order valence-corrected chi connectivity index (χ2v) is 6.71. The summed E-state index contributed by atoms with van der Waals surface area (Å²) in [6, 6.07) is 1.99. The zero-order valence-electron chi connectivity index (χ0n) is 11.7. The van der Waals surface area contributed by atoms with Crippen LogP contribution in [0.4, 0.5) is 5.69 Å². The fourth-order valence-electron chi connectivity index (χ4n) is 2.69. The van der Waals surface area contributed by atoms with E-state index in [-0.39, 0.29) is 0 Å². The lowest BCUT2D eigenvalue weighted by molar-refractivity contribution is 0.384. The average Bonchev–Trinajstić information content (AvgIpc) is 2.73. The van der Waals surface area contributed by atoms with Crippen molar-refractivity contribution in [2.75, 3.05) is 24.5 Å². The van der Waals surface area contributed by atoms with Crippen LogP contribution in [0, 0.1) is 5.92 Å². The SMILES string of the molecule is Cn1ncc2nccc(N3CC(CCNS(N)(=O)=O)C3)c21. The summed E-state index contributed by atoms with van der Waals surface area (Å²) in [6.45, 7) is 2.18. The zero-order chi connectivity index (χ0) is 15.0. The first kappa shape index (κ1) is 14.2. The Labute approximate surface area is 123 Å². The summed E-state index contributed by atoms with van der Waals surface area (Å²) in [5, 5.41) is 9.13. The van der Waals surface area contributed by atoms with Crippen molar-refractivity contribution in [3.63, 3.8) is 0 Å². The molecule has 1 saturated heterocycles. The molecule has 1 fully saturated rings. The quantitative estimate of drug-likeness (QED) is 0.781. The molecule has 3 N–H and O–H groups in total. The van der Waals surface area contributed by atoms with Crippen molar-refractivity contribution in [1.29, 1.82) is 0 Å². The van der Waals surface area contributed by atoms with Gasteiger partial charge in [-0.1, -0.05) is 0 Å². The Morgan fingerprint density at radius 1 is 1.48 bits per heavy atom. The van der Waals surface area contributed by atoms with Crippen molar-refractivity contribution in [3.05, 3.63) is 18.5 Å². The summed E-state index contributed by atoms with van der Waals surface area (Å²) in [5.74, 6) is 0.468. The van der Waals surface area contributed by atoms with Gasteiger partial charge in [0.2, 0.25) is 0 Å². The fourth-order valence-corrected chi connectivity index (χ4v) is 3.10. The molecule has 2 aromatic heterocycles. The summed E-state index contributed by atoms with van der Waals surface area (Å²) in [5.41, 5.74) is 3.03. The maximum atomic E-state index is 10.8. The van der Waals surface area contributed by atoms with Crippen LogP contribution >= 0.6 is 0 Å². The van der Waals surface area contributed by atoms with Crippen LogP contribution < -0.4 is 14.8 Å². The number of rotatable bonds is 5. The summed E-state index contributed by atoms with van der Waals surface area (Å²) < 4.78 is 25.7. The first-order valence-corrected chi connectivity index (χ1v) is 8.28. The molecule has 8 nitrogen and oxygen atoms in total. The van der Waals surface area contributed by atoms with E-state index >= 15 is 0 Å². The van der Waals surface area contributed by atoms with Crippen molar-refractivity contribution < 1.29 is 8.42 Å². The third-order valence-corrected chi connectivity index (χ3v) is 4.37. The molecular formula is C12H18N6O2S. The molecule has 2 aromatic rings. The molecular weight excluding hydrogens is 292 g/mol. The number of nitrogens with one attached hydrogen (secondary N) is 1. The van der Waals surface area contributed by atoms with Crippen LogP contribution in [-0.2, 0) is 17.3 Å². The highest BCUT2D eigenvalue weighted by molar-refractivity contribution is 7.87. The fraction of sp³-hybridized carbons (Fsp3) is 0.500. The van der Waals surface area contributed by atoms with Gasteiger partial charge in [-0.05, 0) is 18.4 Å². The molecule has 0 amide bonds. The van der Waals surface area contributed by atoms with Gasteiger partial charge in [0, 0.05) is 32.9 Å². The molecule has 0 atom stereocenters. The Kier molecular flexibility index (Phi) is 3.56. The lowest BCUT2D eigenvalue weighted by Gasteiger charge is -2.41. The van der Waals surface area contributed by atoms with Gasteiger partial charge in [-0.3, -0.25) is 9.67 Å². The lowest BCUT2D eigenvalue weighted by atomic mass is 9.95. The number of pyridine rings is 1. The van der Waals surface area contributed by atoms with E-state index in [1.165, 1.54) is 0 Å². The minimum absolute atomic E-state index is 0.384. The van der Waals surface area contributed by atoms with E-state index in [4.69, 9.17) is 5.14 Å². The maximum absolute atomic E-state index is 10.8. The topological polar surface area (TPSA) is 106 Å². The van der Waals surface area contributed by atoms with Crippen LogP contribution in [0.15, 0.2) is 18.5 Å².